The van der Waals surface area contributed by atoms with Crippen LogP contribution in [-0.2, 0) is 4.74 Å². The maximum atomic E-state index is 11.6. The van der Waals surface area contributed by atoms with Gasteiger partial charge in [0, 0.05) is 6.04 Å². The highest BCUT2D eigenvalue weighted by Crippen LogP contribution is 2.31. The Morgan fingerprint density at radius 1 is 1.61 bits per heavy atom. The number of rotatable bonds is 4. The maximum absolute atomic E-state index is 11.6. The Kier molecular flexibility index (Phi) is 4.43. The molecule has 0 radical (unpaired) electrons. The molecule has 0 atom stereocenters. The Balaban J connectivity index is 2.01. The molecule has 5 nitrogen and oxygen atoms in total. The Hall–Kier alpha value is -1.27. The van der Waals surface area contributed by atoms with Crippen molar-refractivity contribution in [3.63, 3.8) is 0 Å². The van der Waals surface area contributed by atoms with Crippen LogP contribution < -0.4 is 16.4 Å². The van der Waals surface area contributed by atoms with Crippen LogP contribution in [0.1, 0.15) is 29.4 Å². The number of ether oxygens (including phenoxy) is 1. The van der Waals surface area contributed by atoms with E-state index < -0.39 is 0 Å². The average molecular weight is 269 g/mol. The Morgan fingerprint density at radius 2 is 2.33 bits per heavy atom. The molecule has 0 unspecified atom stereocenters. The molecule has 6 heteroatoms. The predicted octanol–water partition coefficient (Wildman–Crippen LogP) is 1.67. The second-order valence-electron chi connectivity index (χ2n) is 4.28. The van der Waals surface area contributed by atoms with E-state index in [1.54, 1.807) is 6.92 Å². The minimum absolute atomic E-state index is 0.335. The van der Waals surface area contributed by atoms with Crippen LogP contribution in [-0.4, -0.2) is 31.7 Å². The minimum Gasteiger partial charge on any atom is -0.462 e. The van der Waals surface area contributed by atoms with Crippen LogP contribution in [0.5, 0.6) is 0 Å². The van der Waals surface area contributed by atoms with Gasteiger partial charge in [-0.15, -0.1) is 11.3 Å². The summed E-state index contributed by atoms with van der Waals surface area (Å²) in [6, 6.07) is 2.28. The van der Waals surface area contributed by atoms with E-state index in [-0.39, 0.29) is 5.97 Å². The normalized spacial score (nSPS) is 16.5. The van der Waals surface area contributed by atoms with E-state index in [1.807, 2.05) is 6.07 Å². The average Bonchev–Trinajstić information content (AvgIpc) is 2.72. The molecule has 0 aliphatic carbocycles. The molecule has 1 aromatic rings. The van der Waals surface area contributed by atoms with Gasteiger partial charge in [-0.25, -0.2) is 4.79 Å². The highest BCUT2D eigenvalue weighted by molar-refractivity contribution is 7.18. The monoisotopic (exact) mass is 269 g/mol. The van der Waals surface area contributed by atoms with Gasteiger partial charge in [-0.1, -0.05) is 0 Å². The van der Waals surface area contributed by atoms with Crippen LogP contribution in [0.4, 0.5) is 10.7 Å². The number of nitrogens with two attached hydrogens (primary N) is 1. The Bertz CT molecular complexity index is 413. The van der Waals surface area contributed by atoms with Gasteiger partial charge in [0.2, 0.25) is 0 Å². The van der Waals surface area contributed by atoms with Crippen molar-refractivity contribution in [2.75, 3.05) is 30.7 Å². The van der Waals surface area contributed by atoms with Gasteiger partial charge in [-0.05, 0) is 38.9 Å². The first-order chi connectivity index (χ1) is 8.70. The Labute approximate surface area is 111 Å². The molecule has 0 spiro atoms. The lowest BCUT2D eigenvalue weighted by Crippen LogP contribution is -2.35. The van der Waals surface area contributed by atoms with Crippen molar-refractivity contribution < 1.29 is 9.53 Å². The number of thiophene rings is 1. The maximum Gasteiger partial charge on any atom is 0.350 e. The zero-order valence-electron chi connectivity index (χ0n) is 10.5. The van der Waals surface area contributed by atoms with Crippen molar-refractivity contribution in [2.24, 2.45) is 0 Å². The van der Waals surface area contributed by atoms with Gasteiger partial charge in [0.1, 0.15) is 4.88 Å². The smallest absolute Gasteiger partial charge is 0.350 e. The first-order valence-corrected chi connectivity index (χ1v) is 7.06. The van der Waals surface area contributed by atoms with Crippen LogP contribution in [0.25, 0.3) is 0 Å². The third kappa shape index (κ3) is 3.14. The van der Waals surface area contributed by atoms with E-state index in [1.165, 1.54) is 11.3 Å². The molecular weight excluding hydrogens is 250 g/mol. The second-order valence-corrected chi connectivity index (χ2v) is 5.34. The SMILES string of the molecule is CCOC(=O)c1sc(NC2CCNCC2)cc1N. The number of esters is 1. The molecule has 4 N–H and O–H groups in total. The zero-order valence-corrected chi connectivity index (χ0v) is 11.3. The molecule has 18 heavy (non-hydrogen) atoms. The first kappa shape index (κ1) is 13.2. The lowest BCUT2D eigenvalue weighted by molar-refractivity contribution is 0.0533. The fourth-order valence-electron chi connectivity index (χ4n) is 2.00. The van der Waals surface area contributed by atoms with Crippen molar-refractivity contribution in [3.8, 4) is 0 Å². The van der Waals surface area contributed by atoms with Gasteiger partial charge in [0.25, 0.3) is 0 Å². The van der Waals surface area contributed by atoms with Crippen molar-refractivity contribution >= 4 is 28.0 Å². The van der Waals surface area contributed by atoms with Crippen molar-refractivity contribution in [2.45, 2.75) is 25.8 Å². The summed E-state index contributed by atoms with van der Waals surface area (Å²) in [4.78, 5) is 12.1. The number of hydrogen-bond donors (Lipinski definition) is 3. The third-order valence-electron chi connectivity index (χ3n) is 2.91. The molecule has 1 fully saturated rings. The summed E-state index contributed by atoms with van der Waals surface area (Å²) in [6.45, 7) is 4.22. The highest BCUT2D eigenvalue weighted by Gasteiger charge is 2.18. The van der Waals surface area contributed by atoms with E-state index >= 15 is 0 Å². The quantitative estimate of drug-likeness (QED) is 0.725. The molecule has 0 saturated carbocycles. The standard InChI is InChI=1S/C12H19N3O2S/c1-2-17-12(16)11-9(13)7-10(18-11)15-8-3-5-14-6-4-8/h7-8,14-15H,2-6,13H2,1H3. The number of nitrogen functional groups attached to an aromatic ring is 1. The lowest BCUT2D eigenvalue weighted by Gasteiger charge is -2.23. The van der Waals surface area contributed by atoms with Gasteiger partial charge < -0.3 is 21.1 Å². The molecule has 2 heterocycles. The van der Waals surface area contributed by atoms with Crippen LogP contribution in [0.3, 0.4) is 0 Å². The van der Waals surface area contributed by atoms with Crippen LogP contribution in [0.15, 0.2) is 6.07 Å². The summed E-state index contributed by atoms with van der Waals surface area (Å²) in [6.07, 6.45) is 2.18. The van der Waals surface area contributed by atoms with Gasteiger partial charge in [0.05, 0.1) is 17.3 Å². The minimum atomic E-state index is -0.335. The molecule has 0 aromatic carbocycles. The van der Waals surface area contributed by atoms with Crippen molar-refractivity contribution in [1.82, 2.24) is 5.32 Å². The molecule has 0 amide bonds. The third-order valence-corrected chi connectivity index (χ3v) is 3.97. The van der Waals surface area contributed by atoms with Gasteiger partial charge >= 0.3 is 5.97 Å². The second kappa shape index (κ2) is 6.06. The molecule has 2 rings (SSSR count). The number of carbonyl (C=O) groups is 1. The number of anilines is 2. The summed E-state index contributed by atoms with van der Waals surface area (Å²) < 4.78 is 4.97. The largest absolute Gasteiger partial charge is 0.462 e. The molecule has 1 aliphatic heterocycles. The number of piperidine rings is 1. The number of nitrogens with one attached hydrogen (secondary N) is 2. The van der Waals surface area contributed by atoms with Crippen molar-refractivity contribution in [3.05, 3.63) is 10.9 Å². The van der Waals surface area contributed by atoms with Crippen LogP contribution in [0, 0.1) is 0 Å². The van der Waals surface area contributed by atoms with E-state index in [2.05, 4.69) is 10.6 Å². The molecule has 1 aliphatic rings. The molecule has 1 aromatic heterocycles. The lowest BCUT2D eigenvalue weighted by atomic mass is 10.1. The fraction of sp³-hybridized carbons (Fsp3) is 0.583. The highest BCUT2D eigenvalue weighted by atomic mass is 32.1. The Morgan fingerprint density at radius 3 is 3.00 bits per heavy atom. The number of hydrogen-bond acceptors (Lipinski definition) is 6. The summed E-state index contributed by atoms with van der Waals surface area (Å²) in [5, 5.41) is 7.69. The van der Waals surface area contributed by atoms with E-state index in [4.69, 9.17) is 10.5 Å². The summed E-state index contributed by atoms with van der Waals surface area (Å²) in [7, 11) is 0. The summed E-state index contributed by atoms with van der Waals surface area (Å²) in [5.74, 6) is -0.335. The fourth-order valence-corrected chi connectivity index (χ4v) is 2.95. The molecule has 1 saturated heterocycles. The van der Waals surface area contributed by atoms with Crippen molar-refractivity contribution in [1.29, 1.82) is 0 Å². The van der Waals surface area contributed by atoms with E-state index in [0.717, 1.165) is 30.9 Å². The van der Waals surface area contributed by atoms with Crippen LogP contribution >= 0.6 is 11.3 Å². The topological polar surface area (TPSA) is 76.4 Å². The van der Waals surface area contributed by atoms with Gasteiger partial charge in [-0.2, -0.15) is 0 Å². The van der Waals surface area contributed by atoms with E-state index in [0.29, 0.717) is 23.2 Å². The van der Waals surface area contributed by atoms with Gasteiger partial charge in [0.15, 0.2) is 0 Å². The summed E-state index contributed by atoms with van der Waals surface area (Å²) >= 11 is 1.37. The van der Waals surface area contributed by atoms with E-state index in [9.17, 15) is 4.79 Å². The van der Waals surface area contributed by atoms with Crippen LogP contribution in [0.2, 0.25) is 0 Å². The molecular formula is C12H19N3O2S. The predicted molar refractivity (Wildman–Crippen MR) is 74.2 cm³/mol. The van der Waals surface area contributed by atoms with Gasteiger partial charge in [-0.3, -0.25) is 0 Å². The zero-order chi connectivity index (χ0) is 13.0. The molecule has 0 bridgehead atoms. The number of carbonyl (C=O) groups excluding carboxylic acids is 1. The first-order valence-electron chi connectivity index (χ1n) is 6.24. The molecule has 100 valence electrons. The summed E-state index contributed by atoms with van der Waals surface area (Å²) in [5.41, 5.74) is 6.33.